The van der Waals surface area contributed by atoms with Crippen LogP contribution >= 0.6 is 0 Å². The lowest BCUT2D eigenvalue weighted by molar-refractivity contribution is -0.138. The molecule has 4 nitrogen and oxygen atoms in total. The standard InChI is InChI=1S/C15H16N2O2/c1-10(15(18)19)12-3-2-4-13(9-12)17-14(7-8-16-17)11-5-6-11/h2-4,7-11H,5-6H2,1H3,(H,18,19). The number of carboxylic acid groups (broad SMARTS) is 1. The van der Waals surface area contributed by atoms with Crippen LogP contribution in [-0.2, 0) is 4.79 Å². The third-order valence-electron chi connectivity index (χ3n) is 3.65. The van der Waals surface area contributed by atoms with Crippen molar-refractivity contribution in [3.8, 4) is 5.69 Å². The Morgan fingerprint density at radius 3 is 2.89 bits per heavy atom. The Bertz CT molecular complexity index is 614. The molecule has 0 spiro atoms. The van der Waals surface area contributed by atoms with Crippen LogP contribution in [-0.4, -0.2) is 20.9 Å². The van der Waals surface area contributed by atoms with E-state index in [0.29, 0.717) is 5.92 Å². The van der Waals surface area contributed by atoms with E-state index in [0.717, 1.165) is 11.3 Å². The second-order valence-corrected chi connectivity index (χ2v) is 5.10. The molecule has 0 bridgehead atoms. The van der Waals surface area contributed by atoms with Gasteiger partial charge in [0.15, 0.2) is 0 Å². The minimum Gasteiger partial charge on any atom is -0.481 e. The van der Waals surface area contributed by atoms with E-state index in [1.54, 1.807) is 13.1 Å². The summed E-state index contributed by atoms with van der Waals surface area (Å²) in [5.41, 5.74) is 2.97. The molecule has 3 rings (SSSR count). The summed E-state index contributed by atoms with van der Waals surface area (Å²) in [6.07, 6.45) is 4.24. The Kier molecular flexibility index (Phi) is 2.85. The maximum Gasteiger partial charge on any atom is 0.310 e. The fourth-order valence-corrected chi connectivity index (χ4v) is 2.29. The Labute approximate surface area is 111 Å². The van der Waals surface area contributed by atoms with Crippen LogP contribution in [0.15, 0.2) is 36.5 Å². The highest BCUT2D eigenvalue weighted by molar-refractivity contribution is 5.75. The summed E-state index contributed by atoms with van der Waals surface area (Å²) >= 11 is 0. The summed E-state index contributed by atoms with van der Waals surface area (Å²) in [4.78, 5) is 11.1. The Morgan fingerprint density at radius 2 is 2.21 bits per heavy atom. The van der Waals surface area contributed by atoms with Gasteiger partial charge in [0, 0.05) is 17.8 Å². The number of carbonyl (C=O) groups is 1. The third kappa shape index (κ3) is 2.26. The summed E-state index contributed by atoms with van der Waals surface area (Å²) in [6.45, 7) is 1.70. The molecule has 1 unspecified atom stereocenters. The van der Waals surface area contributed by atoms with Gasteiger partial charge >= 0.3 is 5.97 Å². The average Bonchev–Trinajstić information content (AvgIpc) is 3.15. The van der Waals surface area contributed by atoms with Crippen molar-refractivity contribution in [2.45, 2.75) is 31.6 Å². The van der Waals surface area contributed by atoms with Crippen LogP contribution in [0.2, 0.25) is 0 Å². The maximum absolute atomic E-state index is 11.1. The van der Waals surface area contributed by atoms with E-state index in [9.17, 15) is 4.79 Å². The van der Waals surface area contributed by atoms with Gasteiger partial charge < -0.3 is 5.11 Å². The quantitative estimate of drug-likeness (QED) is 0.915. The molecule has 1 aliphatic rings. The van der Waals surface area contributed by atoms with Crippen molar-refractivity contribution in [1.82, 2.24) is 9.78 Å². The predicted octanol–water partition coefficient (Wildman–Crippen LogP) is 2.94. The summed E-state index contributed by atoms with van der Waals surface area (Å²) in [5.74, 6) is -0.692. The highest BCUT2D eigenvalue weighted by Gasteiger charge is 2.27. The normalized spacial score (nSPS) is 16.3. The van der Waals surface area contributed by atoms with Crippen LogP contribution in [0.4, 0.5) is 0 Å². The molecule has 0 aliphatic heterocycles. The van der Waals surface area contributed by atoms with E-state index in [1.807, 2.05) is 35.0 Å². The van der Waals surface area contributed by atoms with Crippen molar-refractivity contribution >= 4 is 5.97 Å². The molecular formula is C15H16N2O2. The zero-order valence-corrected chi connectivity index (χ0v) is 10.8. The first-order valence-corrected chi connectivity index (χ1v) is 6.54. The molecule has 19 heavy (non-hydrogen) atoms. The smallest absolute Gasteiger partial charge is 0.310 e. The lowest BCUT2D eigenvalue weighted by Crippen LogP contribution is -2.08. The van der Waals surface area contributed by atoms with Crippen molar-refractivity contribution in [3.63, 3.8) is 0 Å². The van der Waals surface area contributed by atoms with Gasteiger partial charge in [-0.25, -0.2) is 4.68 Å². The number of benzene rings is 1. The molecule has 2 aromatic rings. The van der Waals surface area contributed by atoms with E-state index in [2.05, 4.69) is 5.10 Å². The van der Waals surface area contributed by atoms with Crippen molar-refractivity contribution in [1.29, 1.82) is 0 Å². The fraction of sp³-hybridized carbons (Fsp3) is 0.333. The second kappa shape index (κ2) is 4.53. The molecule has 1 aromatic carbocycles. The highest BCUT2D eigenvalue weighted by Crippen LogP contribution is 2.40. The number of carboxylic acids is 1. The molecule has 98 valence electrons. The van der Waals surface area contributed by atoms with E-state index in [-0.39, 0.29) is 0 Å². The van der Waals surface area contributed by atoms with Crippen molar-refractivity contribution in [3.05, 3.63) is 47.8 Å². The van der Waals surface area contributed by atoms with Gasteiger partial charge in [-0.2, -0.15) is 5.10 Å². The molecule has 1 aromatic heterocycles. The lowest BCUT2D eigenvalue weighted by atomic mass is 10.0. The molecule has 0 saturated heterocycles. The average molecular weight is 256 g/mol. The summed E-state index contributed by atoms with van der Waals surface area (Å²) in [5, 5.41) is 13.4. The first kappa shape index (κ1) is 12.0. The molecule has 1 fully saturated rings. The zero-order chi connectivity index (χ0) is 13.4. The first-order valence-electron chi connectivity index (χ1n) is 6.54. The molecule has 1 atom stereocenters. The molecule has 1 heterocycles. The van der Waals surface area contributed by atoms with Crippen LogP contribution in [0.25, 0.3) is 5.69 Å². The number of aliphatic carboxylic acids is 1. The maximum atomic E-state index is 11.1. The van der Waals surface area contributed by atoms with E-state index in [1.165, 1.54) is 18.5 Å². The summed E-state index contributed by atoms with van der Waals surface area (Å²) < 4.78 is 1.93. The predicted molar refractivity (Wildman–Crippen MR) is 71.6 cm³/mol. The van der Waals surface area contributed by atoms with Crippen LogP contribution in [0.1, 0.15) is 42.9 Å². The fourth-order valence-electron chi connectivity index (χ4n) is 2.29. The van der Waals surface area contributed by atoms with Gasteiger partial charge in [-0.15, -0.1) is 0 Å². The van der Waals surface area contributed by atoms with Gasteiger partial charge in [0.05, 0.1) is 11.6 Å². The molecule has 4 heteroatoms. The summed E-state index contributed by atoms with van der Waals surface area (Å²) in [6, 6.07) is 9.67. The molecule has 0 radical (unpaired) electrons. The first-order chi connectivity index (χ1) is 9.16. The largest absolute Gasteiger partial charge is 0.481 e. The number of hydrogen-bond donors (Lipinski definition) is 1. The highest BCUT2D eigenvalue weighted by atomic mass is 16.4. The van der Waals surface area contributed by atoms with Gasteiger partial charge in [-0.1, -0.05) is 12.1 Å². The van der Waals surface area contributed by atoms with Crippen LogP contribution in [0, 0.1) is 0 Å². The van der Waals surface area contributed by atoms with Crippen molar-refractivity contribution in [2.75, 3.05) is 0 Å². The Balaban J connectivity index is 1.98. The van der Waals surface area contributed by atoms with Gasteiger partial charge in [0.2, 0.25) is 0 Å². The Hall–Kier alpha value is -2.10. The van der Waals surface area contributed by atoms with E-state index >= 15 is 0 Å². The van der Waals surface area contributed by atoms with E-state index < -0.39 is 11.9 Å². The molecular weight excluding hydrogens is 240 g/mol. The monoisotopic (exact) mass is 256 g/mol. The van der Waals surface area contributed by atoms with Crippen LogP contribution in [0.3, 0.4) is 0 Å². The van der Waals surface area contributed by atoms with Gasteiger partial charge in [0.25, 0.3) is 0 Å². The lowest BCUT2D eigenvalue weighted by Gasteiger charge is -2.11. The van der Waals surface area contributed by atoms with Crippen LogP contribution in [0.5, 0.6) is 0 Å². The molecule has 0 amide bonds. The molecule has 1 saturated carbocycles. The molecule has 1 aliphatic carbocycles. The van der Waals surface area contributed by atoms with Crippen LogP contribution < -0.4 is 0 Å². The third-order valence-corrected chi connectivity index (χ3v) is 3.65. The van der Waals surface area contributed by atoms with Gasteiger partial charge in [0.1, 0.15) is 0 Å². The van der Waals surface area contributed by atoms with Gasteiger partial charge in [-0.3, -0.25) is 4.79 Å². The zero-order valence-electron chi connectivity index (χ0n) is 10.8. The number of rotatable bonds is 4. The minimum atomic E-state index is -0.806. The number of nitrogens with zero attached hydrogens (tertiary/aromatic N) is 2. The number of hydrogen-bond acceptors (Lipinski definition) is 2. The molecule has 1 N–H and O–H groups in total. The van der Waals surface area contributed by atoms with Gasteiger partial charge in [-0.05, 0) is 43.5 Å². The SMILES string of the molecule is CC(C(=O)O)c1cccc(-n2nccc2C2CC2)c1. The van der Waals surface area contributed by atoms with E-state index in [4.69, 9.17) is 5.11 Å². The summed E-state index contributed by atoms with van der Waals surface area (Å²) in [7, 11) is 0. The minimum absolute atomic E-state index is 0.500. The number of aromatic nitrogens is 2. The van der Waals surface area contributed by atoms with Crippen molar-refractivity contribution in [2.24, 2.45) is 0 Å². The van der Waals surface area contributed by atoms with Crippen molar-refractivity contribution < 1.29 is 9.90 Å². The topological polar surface area (TPSA) is 55.1 Å². The second-order valence-electron chi connectivity index (χ2n) is 5.10. The Morgan fingerprint density at radius 1 is 1.42 bits per heavy atom.